The molecule has 1 aliphatic heterocycles. The van der Waals surface area contributed by atoms with Crippen LogP contribution in [0.5, 0.6) is 11.5 Å². The largest absolute Gasteiger partial charge is 0.494 e. The lowest BCUT2D eigenvalue weighted by molar-refractivity contribution is -0.384. The Morgan fingerprint density at radius 1 is 1.11 bits per heavy atom. The van der Waals surface area contributed by atoms with E-state index >= 15 is 0 Å². The van der Waals surface area contributed by atoms with Gasteiger partial charge in [-0.1, -0.05) is 35.1 Å². The molecule has 1 aromatic heterocycles. The minimum atomic E-state index is -0.776. The minimum Gasteiger partial charge on any atom is -0.494 e. The summed E-state index contributed by atoms with van der Waals surface area (Å²) in [5.74, 6) is 0.544. The highest BCUT2D eigenvalue weighted by Gasteiger charge is 2.33. The van der Waals surface area contributed by atoms with Crippen molar-refractivity contribution in [2.45, 2.75) is 33.4 Å². The molecule has 0 N–H and O–H groups in total. The smallest absolute Gasteiger partial charge is 0.338 e. The van der Waals surface area contributed by atoms with Gasteiger partial charge in [0.05, 0.1) is 44.5 Å². The van der Waals surface area contributed by atoms with Crippen molar-refractivity contribution in [3.63, 3.8) is 0 Å². The van der Waals surface area contributed by atoms with E-state index in [1.165, 1.54) is 28.0 Å². The molecule has 1 atom stereocenters. The van der Waals surface area contributed by atoms with E-state index in [0.717, 1.165) is 0 Å². The summed E-state index contributed by atoms with van der Waals surface area (Å²) in [6.07, 6.45) is 1.67. The number of carbonyl (C=O) groups excluding carboxylic acids is 1. The molecule has 2 heterocycles. The highest BCUT2D eigenvalue weighted by atomic mass is 79.9. The van der Waals surface area contributed by atoms with E-state index in [2.05, 4.69) is 20.9 Å². The average Bonchev–Trinajstić information content (AvgIpc) is 3.30. The Balaban J connectivity index is 1.60. The van der Waals surface area contributed by atoms with Gasteiger partial charge in [-0.05, 0) is 90.3 Å². The average molecular weight is 713 g/mol. The molecule has 45 heavy (non-hydrogen) atoms. The number of nitrogens with zero attached hydrogens (tertiary/aromatic N) is 3. The fraction of sp³-hybridized carbons (Fsp3) is 0.219. The SMILES string of the molecule is CCOC(=O)C1=C(C)N=c2s/c(=C\c3cc(Cl)cc(Br)c3OCc3ccc([N+](=O)[O-])cc3)c(=O)n2[C@@H]1c1ccc(OCC)cc1. The molecule has 0 fully saturated rings. The normalized spacial score (nSPS) is 14.5. The van der Waals surface area contributed by atoms with Crippen molar-refractivity contribution < 1.29 is 23.9 Å². The third-order valence-electron chi connectivity index (χ3n) is 6.88. The van der Waals surface area contributed by atoms with Gasteiger partial charge in [-0.15, -0.1) is 0 Å². The molecule has 1 aliphatic rings. The van der Waals surface area contributed by atoms with Crippen LogP contribution >= 0.6 is 38.9 Å². The van der Waals surface area contributed by atoms with Gasteiger partial charge in [-0.2, -0.15) is 0 Å². The Morgan fingerprint density at radius 2 is 1.82 bits per heavy atom. The van der Waals surface area contributed by atoms with Gasteiger partial charge in [0.1, 0.15) is 18.1 Å². The molecule has 0 aliphatic carbocycles. The number of esters is 1. The van der Waals surface area contributed by atoms with E-state index in [9.17, 15) is 19.7 Å². The van der Waals surface area contributed by atoms with Gasteiger partial charge in [-0.3, -0.25) is 19.5 Å². The van der Waals surface area contributed by atoms with Crippen LogP contribution in [0.15, 0.2) is 86.2 Å². The molecule has 0 bridgehead atoms. The number of aromatic nitrogens is 1. The van der Waals surface area contributed by atoms with E-state index in [1.54, 1.807) is 56.3 Å². The third-order valence-corrected chi connectivity index (χ3v) is 8.67. The van der Waals surface area contributed by atoms with Crippen molar-refractivity contribution in [1.29, 1.82) is 0 Å². The number of carbonyl (C=O) groups is 1. The zero-order valence-corrected chi connectivity index (χ0v) is 27.6. The van der Waals surface area contributed by atoms with Gasteiger partial charge < -0.3 is 14.2 Å². The number of non-ortho nitro benzene ring substituents is 1. The number of hydrogen-bond donors (Lipinski definition) is 0. The van der Waals surface area contributed by atoms with Crippen LogP contribution in [0, 0.1) is 10.1 Å². The van der Waals surface area contributed by atoms with Gasteiger partial charge in [0.15, 0.2) is 4.80 Å². The summed E-state index contributed by atoms with van der Waals surface area (Å²) in [6, 6.07) is 15.9. The van der Waals surface area contributed by atoms with Gasteiger partial charge >= 0.3 is 5.97 Å². The predicted molar refractivity (Wildman–Crippen MR) is 175 cm³/mol. The molecular weight excluding hydrogens is 686 g/mol. The van der Waals surface area contributed by atoms with Crippen molar-refractivity contribution in [2.24, 2.45) is 4.99 Å². The van der Waals surface area contributed by atoms with Gasteiger partial charge in [0.25, 0.3) is 11.2 Å². The van der Waals surface area contributed by atoms with Crippen LogP contribution in [0.3, 0.4) is 0 Å². The first-order valence-corrected chi connectivity index (χ1v) is 15.9. The summed E-state index contributed by atoms with van der Waals surface area (Å²) in [6.45, 7) is 6.12. The number of allylic oxidation sites excluding steroid dienone is 1. The molecule has 0 amide bonds. The summed E-state index contributed by atoms with van der Waals surface area (Å²) in [4.78, 5) is 42.9. The zero-order valence-electron chi connectivity index (χ0n) is 24.4. The molecule has 13 heteroatoms. The molecule has 3 aromatic carbocycles. The van der Waals surface area contributed by atoms with Gasteiger partial charge in [0.2, 0.25) is 0 Å². The van der Waals surface area contributed by atoms with E-state index in [1.807, 2.05) is 19.1 Å². The van der Waals surface area contributed by atoms with E-state index in [-0.39, 0.29) is 30.0 Å². The number of nitro groups is 1. The number of rotatable bonds is 10. The second kappa shape index (κ2) is 13.8. The lowest BCUT2D eigenvalue weighted by atomic mass is 9.96. The molecule has 0 unspecified atom stereocenters. The Hall–Kier alpha value is -4.26. The van der Waals surface area contributed by atoms with Crippen LogP contribution in [0.1, 0.15) is 43.5 Å². The van der Waals surface area contributed by atoms with Crippen molar-refractivity contribution in [3.05, 3.63) is 128 Å². The Kier molecular flexibility index (Phi) is 9.86. The number of ether oxygens (including phenoxy) is 3. The second-order valence-electron chi connectivity index (χ2n) is 9.82. The quantitative estimate of drug-likeness (QED) is 0.111. The summed E-state index contributed by atoms with van der Waals surface area (Å²) >= 11 is 11.1. The van der Waals surface area contributed by atoms with Crippen molar-refractivity contribution in [2.75, 3.05) is 13.2 Å². The summed E-state index contributed by atoms with van der Waals surface area (Å²) in [7, 11) is 0. The number of nitro benzene ring substituents is 1. The van der Waals surface area contributed by atoms with Crippen molar-refractivity contribution in [3.8, 4) is 11.5 Å². The number of thiazole rings is 1. The third kappa shape index (κ3) is 6.87. The Labute approximate surface area is 275 Å². The van der Waals surface area contributed by atoms with Crippen LogP contribution in [-0.4, -0.2) is 28.7 Å². The number of hydrogen-bond acceptors (Lipinski definition) is 9. The highest BCUT2D eigenvalue weighted by molar-refractivity contribution is 9.10. The van der Waals surface area contributed by atoms with Gasteiger partial charge in [0, 0.05) is 22.7 Å². The molecular formula is C32H27BrClN3O7S. The highest BCUT2D eigenvalue weighted by Crippen LogP contribution is 2.35. The fourth-order valence-electron chi connectivity index (χ4n) is 4.87. The Bertz CT molecular complexity index is 1990. The summed E-state index contributed by atoms with van der Waals surface area (Å²) in [5, 5.41) is 11.4. The zero-order chi connectivity index (χ0) is 32.2. The number of fused-ring (bicyclic) bond motifs is 1. The summed E-state index contributed by atoms with van der Waals surface area (Å²) in [5.41, 5.74) is 2.29. The molecule has 0 saturated heterocycles. The Morgan fingerprint density at radius 3 is 2.47 bits per heavy atom. The molecule has 10 nitrogen and oxygen atoms in total. The number of halogens is 2. The monoisotopic (exact) mass is 711 g/mol. The van der Waals surface area contributed by atoms with Gasteiger partial charge in [-0.25, -0.2) is 9.79 Å². The maximum atomic E-state index is 14.1. The molecule has 5 rings (SSSR count). The van der Waals surface area contributed by atoms with Crippen LogP contribution < -0.4 is 24.4 Å². The minimum absolute atomic E-state index is 0.0209. The van der Waals surface area contributed by atoms with Crippen LogP contribution in [0.2, 0.25) is 5.02 Å². The molecule has 232 valence electrons. The molecule has 0 saturated carbocycles. The second-order valence-corrected chi connectivity index (χ2v) is 12.1. The maximum absolute atomic E-state index is 14.1. The molecule has 4 aromatic rings. The lowest BCUT2D eigenvalue weighted by Gasteiger charge is -2.24. The fourth-order valence-corrected chi connectivity index (χ4v) is 6.86. The van der Waals surface area contributed by atoms with Crippen LogP contribution in [0.4, 0.5) is 5.69 Å². The van der Waals surface area contributed by atoms with Crippen molar-refractivity contribution >= 4 is 56.6 Å². The van der Waals surface area contributed by atoms with E-state index in [4.69, 9.17) is 25.8 Å². The van der Waals surface area contributed by atoms with Crippen molar-refractivity contribution in [1.82, 2.24) is 4.57 Å². The van der Waals surface area contributed by atoms with E-state index < -0.39 is 16.9 Å². The first kappa shape index (κ1) is 32.1. The molecule has 0 spiro atoms. The van der Waals surface area contributed by atoms with E-state index in [0.29, 0.717) is 59.3 Å². The van der Waals surface area contributed by atoms with Crippen LogP contribution in [0.25, 0.3) is 6.08 Å². The first-order chi connectivity index (χ1) is 21.6. The van der Waals surface area contributed by atoms with Crippen LogP contribution in [-0.2, 0) is 16.1 Å². The summed E-state index contributed by atoms with van der Waals surface area (Å²) < 4.78 is 19.5. The molecule has 0 radical (unpaired) electrons. The maximum Gasteiger partial charge on any atom is 0.338 e. The first-order valence-electron chi connectivity index (χ1n) is 13.9. The standard InChI is InChI=1S/C32H27BrClN3O7S/c1-4-42-24-12-8-20(9-13-24)28-27(31(39)43-5-2)18(3)35-32-36(28)30(38)26(45-32)15-21-14-22(34)16-25(33)29(21)44-17-19-6-10-23(11-7-19)37(40)41/h6-16,28H,4-5,17H2,1-3H3/b26-15-/t28-/m1/s1. The number of benzene rings is 3. The topological polar surface area (TPSA) is 122 Å². The predicted octanol–water partition coefficient (Wildman–Crippen LogP) is 6.10. The lowest BCUT2D eigenvalue weighted by Crippen LogP contribution is -2.39.